The van der Waals surface area contributed by atoms with Gasteiger partial charge in [0.2, 0.25) is 0 Å². The maximum Gasteiger partial charge on any atom is -0.00147 e. The fourth-order valence-electron chi connectivity index (χ4n) is 3.57. The van der Waals surface area contributed by atoms with Gasteiger partial charge in [-0.2, -0.15) is 0 Å². The van der Waals surface area contributed by atoms with Gasteiger partial charge in [0.25, 0.3) is 0 Å². The Balaban J connectivity index is 1.39. The Morgan fingerprint density at radius 3 is 2.56 bits per heavy atom. The fourth-order valence-corrected chi connectivity index (χ4v) is 3.57. The third kappa shape index (κ3) is 4.42. The van der Waals surface area contributed by atoms with Gasteiger partial charge in [0.15, 0.2) is 0 Å². The average Bonchev–Trinajstić information content (AvgIpc) is 2.94. The van der Waals surface area contributed by atoms with Crippen LogP contribution < -0.4 is 5.32 Å². The Bertz CT molecular complexity index is 256. The standard InChI is InChI=1S/C17H31N/c1-14(2)7-5-3-4-6-10-18-13-17-12-15-8-9-16(17)11-15/h8-9,14-18H,3-7,10-13H2,1-2H3. The van der Waals surface area contributed by atoms with E-state index in [-0.39, 0.29) is 0 Å². The van der Waals surface area contributed by atoms with E-state index >= 15 is 0 Å². The first-order valence-electron chi connectivity index (χ1n) is 8.14. The molecule has 3 unspecified atom stereocenters. The Kier molecular flexibility index (Phi) is 5.75. The van der Waals surface area contributed by atoms with E-state index < -0.39 is 0 Å². The molecule has 1 fully saturated rings. The molecule has 0 saturated heterocycles. The van der Waals surface area contributed by atoms with Gasteiger partial charge in [-0.15, -0.1) is 0 Å². The van der Waals surface area contributed by atoms with E-state index in [2.05, 4.69) is 31.3 Å². The zero-order chi connectivity index (χ0) is 12.8. The second-order valence-corrected chi connectivity index (χ2v) is 6.84. The van der Waals surface area contributed by atoms with Crippen LogP contribution in [0.4, 0.5) is 0 Å². The highest BCUT2D eigenvalue weighted by Gasteiger charge is 2.34. The number of fused-ring (bicyclic) bond motifs is 2. The summed E-state index contributed by atoms with van der Waals surface area (Å²) in [5, 5.41) is 3.68. The van der Waals surface area contributed by atoms with Crippen LogP contribution in [0.3, 0.4) is 0 Å². The second-order valence-electron chi connectivity index (χ2n) is 6.84. The van der Waals surface area contributed by atoms with Crippen molar-refractivity contribution in [2.24, 2.45) is 23.7 Å². The van der Waals surface area contributed by atoms with Crippen LogP contribution in [0.1, 0.15) is 58.8 Å². The van der Waals surface area contributed by atoms with E-state index in [1.807, 2.05) is 0 Å². The largest absolute Gasteiger partial charge is 0.316 e. The molecule has 2 aliphatic rings. The van der Waals surface area contributed by atoms with Gasteiger partial charge in [0.1, 0.15) is 0 Å². The molecule has 1 heteroatoms. The lowest BCUT2D eigenvalue weighted by molar-refractivity contribution is 0.410. The molecule has 0 amide bonds. The number of nitrogens with one attached hydrogen (secondary N) is 1. The summed E-state index contributed by atoms with van der Waals surface area (Å²) in [4.78, 5) is 0. The van der Waals surface area contributed by atoms with Crippen molar-refractivity contribution >= 4 is 0 Å². The van der Waals surface area contributed by atoms with Crippen molar-refractivity contribution in [3.05, 3.63) is 12.2 Å². The summed E-state index contributed by atoms with van der Waals surface area (Å²) in [5.41, 5.74) is 0. The highest BCUT2D eigenvalue weighted by atomic mass is 14.9. The van der Waals surface area contributed by atoms with E-state index in [0.717, 1.165) is 23.7 Å². The first-order valence-corrected chi connectivity index (χ1v) is 8.14. The molecular weight excluding hydrogens is 218 g/mol. The number of allylic oxidation sites excluding steroid dienone is 2. The summed E-state index contributed by atoms with van der Waals surface area (Å²) in [7, 11) is 0. The van der Waals surface area contributed by atoms with Crippen molar-refractivity contribution in [3.63, 3.8) is 0 Å². The van der Waals surface area contributed by atoms with Gasteiger partial charge in [0, 0.05) is 0 Å². The molecule has 1 nitrogen and oxygen atoms in total. The molecule has 18 heavy (non-hydrogen) atoms. The SMILES string of the molecule is CC(C)CCCCCCNCC1CC2C=CC1C2. The van der Waals surface area contributed by atoms with Gasteiger partial charge >= 0.3 is 0 Å². The minimum absolute atomic E-state index is 0.883. The predicted octanol–water partition coefficient (Wildman–Crippen LogP) is 4.39. The molecule has 0 aromatic heterocycles. The molecule has 0 radical (unpaired) electrons. The topological polar surface area (TPSA) is 12.0 Å². The minimum Gasteiger partial charge on any atom is -0.316 e. The maximum atomic E-state index is 3.68. The van der Waals surface area contributed by atoms with Gasteiger partial charge in [-0.05, 0) is 56.0 Å². The lowest BCUT2D eigenvalue weighted by Gasteiger charge is -2.18. The molecule has 0 aromatic rings. The monoisotopic (exact) mass is 249 g/mol. The van der Waals surface area contributed by atoms with Crippen molar-refractivity contribution in [3.8, 4) is 0 Å². The van der Waals surface area contributed by atoms with E-state index in [9.17, 15) is 0 Å². The number of rotatable bonds is 9. The van der Waals surface area contributed by atoms with E-state index in [0.29, 0.717) is 0 Å². The van der Waals surface area contributed by atoms with Crippen molar-refractivity contribution < 1.29 is 0 Å². The van der Waals surface area contributed by atoms with Crippen LogP contribution in [0.25, 0.3) is 0 Å². The van der Waals surface area contributed by atoms with E-state index in [1.54, 1.807) is 0 Å². The highest BCUT2D eigenvalue weighted by molar-refractivity contribution is 5.10. The zero-order valence-electron chi connectivity index (χ0n) is 12.3. The Hall–Kier alpha value is -0.300. The molecule has 1 saturated carbocycles. The van der Waals surface area contributed by atoms with Crippen molar-refractivity contribution in [2.75, 3.05) is 13.1 Å². The molecule has 104 valence electrons. The van der Waals surface area contributed by atoms with Crippen LogP contribution >= 0.6 is 0 Å². The average molecular weight is 249 g/mol. The highest BCUT2D eigenvalue weighted by Crippen LogP contribution is 2.42. The summed E-state index contributed by atoms with van der Waals surface area (Å²) >= 11 is 0. The molecule has 0 aromatic carbocycles. The van der Waals surface area contributed by atoms with Crippen molar-refractivity contribution in [1.82, 2.24) is 5.32 Å². The smallest absolute Gasteiger partial charge is 0.00147 e. The summed E-state index contributed by atoms with van der Waals surface area (Å²) < 4.78 is 0. The van der Waals surface area contributed by atoms with Gasteiger partial charge in [-0.3, -0.25) is 0 Å². The first kappa shape index (κ1) is 14.1. The van der Waals surface area contributed by atoms with Gasteiger partial charge in [-0.25, -0.2) is 0 Å². The molecule has 2 bridgehead atoms. The Labute approximate surface area is 113 Å². The number of unbranched alkanes of at least 4 members (excludes halogenated alkanes) is 3. The Morgan fingerprint density at radius 1 is 1.06 bits per heavy atom. The summed E-state index contributed by atoms with van der Waals surface area (Å²) in [6.45, 7) is 7.15. The number of hydrogen-bond acceptors (Lipinski definition) is 1. The lowest BCUT2D eigenvalue weighted by Crippen LogP contribution is -2.26. The van der Waals surface area contributed by atoms with Crippen LogP contribution in [0.15, 0.2) is 12.2 Å². The van der Waals surface area contributed by atoms with Crippen LogP contribution in [0.2, 0.25) is 0 Å². The zero-order valence-corrected chi connectivity index (χ0v) is 12.3. The minimum atomic E-state index is 0.883. The van der Waals surface area contributed by atoms with E-state index in [4.69, 9.17) is 0 Å². The van der Waals surface area contributed by atoms with Crippen LogP contribution in [-0.4, -0.2) is 13.1 Å². The molecular formula is C17H31N. The Morgan fingerprint density at radius 2 is 1.89 bits per heavy atom. The van der Waals surface area contributed by atoms with E-state index in [1.165, 1.54) is 58.0 Å². The fraction of sp³-hybridized carbons (Fsp3) is 0.882. The number of hydrogen-bond donors (Lipinski definition) is 1. The van der Waals surface area contributed by atoms with Crippen molar-refractivity contribution in [2.45, 2.75) is 58.8 Å². The molecule has 0 aliphatic heterocycles. The summed E-state index contributed by atoms with van der Waals surface area (Å²) in [6, 6.07) is 0. The van der Waals surface area contributed by atoms with Gasteiger partial charge in [-0.1, -0.05) is 51.7 Å². The van der Waals surface area contributed by atoms with Crippen LogP contribution in [-0.2, 0) is 0 Å². The molecule has 1 N–H and O–H groups in total. The summed E-state index contributed by atoms with van der Waals surface area (Å²) in [5.74, 6) is 3.67. The van der Waals surface area contributed by atoms with Crippen LogP contribution in [0, 0.1) is 23.7 Å². The second kappa shape index (κ2) is 7.33. The lowest BCUT2D eigenvalue weighted by atomic mass is 9.93. The summed E-state index contributed by atoms with van der Waals surface area (Å²) in [6.07, 6.45) is 14.8. The van der Waals surface area contributed by atoms with Gasteiger partial charge in [0.05, 0.1) is 0 Å². The molecule has 0 heterocycles. The third-order valence-electron chi connectivity index (χ3n) is 4.71. The molecule has 0 spiro atoms. The normalized spacial score (nSPS) is 29.6. The first-order chi connectivity index (χ1) is 8.75. The molecule has 2 rings (SSSR count). The quantitative estimate of drug-likeness (QED) is 0.472. The van der Waals surface area contributed by atoms with Crippen LogP contribution in [0.5, 0.6) is 0 Å². The third-order valence-corrected chi connectivity index (χ3v) is 4.71. The van der Waals surface area contributed by atoms with Crippen molar-refractivity contribution in [1.29, 1.82) is 0 Å². The molecule has 2 aliphatic carbocycles. The molecule has 3 atom stereocenters. The maximum absolute atomic E-state index is 3.68. The predicted molar refractivity (Wildman–Crippen MR) is 79.6 cm³/mol. The van der Waals surface area contributed by atoms with Gasteiger partial charge < -0.3 is 5.32 Å².